The van der Waals surface area contributed by atoms with E-state index in [9.17, 15) is 4.39 Å². The Balaban J connectivity index is 2.33. The van der Waals surface area contributed by atoms with E-state index in [2.05, 4.69) is 43.4 Å². The first-order valence-electron chi connectivity index (χ1n) is 7.28. The molecule has 112 valence electrons. The van der Waals surface area contributed by atoms with E-state index in [0.717, 1.165) is 17.5 Å². The van der Waals surface area contributed by atoms with Gasteiger partial charge in [-0.1, -0.05) is 55.8 Å². The molecule has 3 heteroatoms. The van der Waals surface area contributed by atoms with Crippen LogP contribution in [0.4, 0.5) is 4.39 Å². The summed E-state index contributed by atoms with van der Waals surface area (Å²) in [7, 11) is 1.88. The van der Waals surface area contributed by atoms with E-state index in [1.165, 1.54) is 17.7 Å². The number of nitrogens with one attached hydrogen (secondary N) is 1. The molecule has 2 aromatic rings. The molecule has 1 N–H and O–H groups in total. The summed E-state index contributed by atoms with van der Waals surface area (Å²) in [6.45, 7) is 4.41. The Labute approximate surface area is 131 Å². The molecule has 2 aromatic carbocycles. The lowest BCUT2D eigenvalue weighted by molar-refractivity contribution is 0.623. The first-order chi connectivity index (χ1) is 10.1. The molecule has 2 rings (SSSR count). The molecule has 0 saturated carbocycles. The van der Waals surface area contributed by atoms with Crippen LogP contribution in [0.2, 0.25) is 5.02 Å². The summed E-state index contributed by atoms with van der Waals surface area (Å²) in [5.74, 6) is 0.243. The fourth-order valence-electron chi connectivity index (χ4n) is 2.49. The zero-order valence-corrected chi connectivity index (χ0v) is 13.4. The standard InChI is InChI=1S/C18H21ClFN/c1-4-12(2)13-5-7-14(8-6-13)18(21-3)16-10-9-15(20)11-17(16)19/h5-12,18,21H,4H2,1-3H3. The van der Waals surface area contributed by atoms with E-state index in [4.69, 9.17) is 11.6 Å². The maximum atomic E-state index is 13.2. The van der Waals surface area contributed by atoms with Gasteiger partial charge in [-0.3, -0.25) is 0 Å². The van der Waals surface area contributed by atoms with E-state index in [1.807, 2.05) is 7.05 Å². The first kappa shape index (κ1) is 16.0. The Morgan fingerprint density at radius 1 is 1.10 bits per heavy atom. The second-order valence-corrected chi connectivity index (χ2v) is 5.77. The van der Waals surface area contributed by atoms with Gasteiger partial charge in [-0.05, 0) is 48.2 Å². The molecule has 0 aliphatic carbocycles. The van der Waals surface area contributed by atoms with Crippen LogP contribution in [0.15, 0.2) is 42.5 Å². The highest BCUT2D eigenvalue weighted by Crippen LogP contribution is 2.30. The van der Waals surface area contributed by atoms with Crippen molar-refractivity contribution in [3.05, 3.63) is 70.0 Å². The molecule has 0 spiro atoms. The van der Waals surface area contributed by atoms with Crippen molar-refractivity contribution in [2.24, 2.45) is 0 Å². The molecule has 21 heavy (non-hydrogen) atoms. The summed E-state index contributed by atoms with van der Waals surface area (Å²) in [6, 6.07) is 13.0. The van der Waals surface area contributed by atoms with Crippen LogP contribution in [0, 0.1) is 5.82 Å². The summed E-state index contributed by atoms with van der Waals surface area (Å²) >= 11 is 6.18. The quantitative estimate of drug-likeness (QED) is 0.790. The number of benzene rings is 2. The summed E-state index contributed by atoms with van der Waals surface area (Å²) in [5.41, 5.74) is 3.34. The van der Waals surface area contributed by atoms with Crippen molar-refractivity contribution in [1.82, 2.24) is 5.32 Å². The maximum Gasteiger partial charge on any atom is 0.124 e. The van der Waals surface area contributed by atoms with Crippen LogP contribution in [0.1, 0.15) is 48.9 Å². The van der Waals surface area contributed by atoms with Gasteiger partial charge in [0.05, 0.1) is 6.04 Å². The third-order valence-electron chi connectivity index (χ3n) is 4.01. The average molecular weight is 306 g/mol. The minimum Gasteiger partial charge on any atom is -0.309 e. The highest BCUT2D eigenvalue weighted by atomic mass is 35.5. The Morgan fingerprint density at radius 3 is 2.24 bits per heavy atom. The lowest BCUT2D eigenvalue weighted by atomic mass is 9.93. The maximum absolute atomic E-state index is 13.2. The molecule has 0 aromatic heterocycles. The first-order valence-corrected chi connectivity index (χ1v) is 7.66. The normalized spacial score (nSPS) is 14.0. The SMILES string of the molecule is CCC(C)c1ccc(C(NC)c2ccc(F)cc2Cl)cc1. The summed E-state index contributed by atoms with van der Waals surface area (Å²) < 4.78 is 13.2. The molecule has 2 atom stereocenters. The third-order valence-corrected chi connectivity index (χ3v) is 4.34. The van der Waals surface area contributed by atoms with Gasteiger partial charge >= 0.3 is 0 Å². The van der Waals surface area contributed by atoms with Crippen molar-refractivity contribution in [1.29, 1.82) is 0 Å². The molecule has 0 radical (unpaired) electrons. The van der Waals surface area contributed by atoms with E-state index in [1.54, 1.807) is 6.07 Å². The fourth-order valence-corrected chi connectivity index (χ4v) is 2.77. The number of rotatable bonds is 5. The van der Waals surface area contributed by atoms with E-state index >= 15 is 0 Å². The molecule has 0 bridgehead atoms. The highest BCUT2D eigenvalue weighted by Gasteiger charge is 2.16. The molecular weight excluding hydrogens is 285 g/mol. The molecule has 1 nitrogen and oxygen atoms in total. The Bertz CT molecular complexity index is 595. The Morgan fingerprint density at radius 2 is 1.71 bits per heavy atom. The number of hydrogen-bond acceptors (Lipinski definition) is 1. The van der Waals surface area contributed by atoms with Crippen LogP contribution in [0.25, 0.3) is 0 Å². The topological polar surface area (TPSA) is 12.0 Å². The zero-order valence-electron chi connectivity index (χ0n) is 12.7. The van der Waals surface area contributed by atoms with Gasteiger partial charge in [0.2, 0.25) is 0 Å². The Kier molecular flexibility index (Phi) is 5.38. The van der Waals surface area contributed by atoms with Crippen molar-refractivity contribution < 1.29 is 4.39 Å². The van der Waals surface area contributed by atoms with Crippen LogP contribution >= 0.6 is 11.6 Å². The second-order valence-electron chi connectivity index (χ2n) is 5.36. The zero-order chi connectivity index (χ0) is 15.4. The van der Waals surface area contributed by atoms with Gasteiger partial charge in [0.25, 0.3) is 0 Å². The summed E-state index contributed by atoms with van der Waals surface area (Å²) in [5, 5.41) is 3.70. The molecule has 2 unspecified atom stereocenters. The van der Waals surface area contributed by atoms with Crippen LogP contribution in [-0.4, -0.2) is 7.05 Å². The third kappa shape index (κ3) is 3.63. The smallest absolute Gasteiger partial charge is 0.124 e. The van der Waals surface area contributed by atoms with Crippen LogP contribution in [0.3, 0.4) is 0 Å². The van der Waals surface area contributed by atoms with Crippen LogP contribution in [0.5, 0.6) is 0 Å². The Hall–Kier alpha value is -1.38. The van der Waals surface area contributed by atoms with E-state index in [-0.39, 0.29) is 11.9 Å². The molecule has 0 saturated heterocycles. The van der Waals surface area contributed by atoms with Crippen molar-refractivity contribution in [2.45, 2.75) is 32.2 Å². The van der Waals surface area contributed by atoms with Gasteiger partial charge in [0.1, 0.15) is 5.82 Å². The molecule has 0 heterocycles. The van der Waals surface area contributed by atoms with Crippen LogP contribution < -0.4 is 5.32 Å². The van der Waals surface area contributed by atoms with Gasteiger partial charge < -0.3 is 5.32 Å². The van der Waals surface area contributed by atoms with Gasteiger partial charge in [0, 0.05) is 5.02 Å². The largest absolute Gasteiger partial charge is 0.309 e. The van der Waals surface area contributed by atoms with Gasteiger partial charge in [-0.15, -0.1) is 0 Å². The molecule has 0 aliphatic heterocycles. The number of halogens is 2. The van der Waals surface area contributed by atoms with Crippen molar-refractivity contribution in [2.75, 3.05) is 7.05 Å². The van der Waals surface area contributed by atoms with E-state index < -0.39 is 0 Å². The summed E-state index contributed by atoms with van der Waals surface area (Å²) in [4.78, 5) is 0. The second kappa shape index (κ2) is 7.06. The summed E-state index contributed by atoms with van der Waals surface area (Å²) in [6.07, 6.45) is 1.12. The predicted octanol–water partition coefficient (Wildman–Crippen LogP) is 5.30. The van der Waals surface area contributed by atoms with Crippen molar-refractivity contribution in [3.8, 4) is 0 Å². The monoisotopic (exact) mass is 305 g/mol. The molecule has 0 amide bonds. The van der Waals surface area contributed by atoms with Gasteiger partial charge in [-0.25, -0.2) is 4.39 Å². The highest BCUT2D eigenvalue weighted by molar-refractivity contribution is 6.31. The molecule has 0 aliphatic rings. The lowest BCUT2D eigenvalue weighted by Gasteiger charge is -2.19. The average Bonchev–Trinajstić information content (AvgIpc) is 2.50. The molecular formula is C18H21ClFN. The number of hydrogen-bond donors (Lipinski definition) is 1. The minimum absolute atomic E-state index is 0.0379. The van der Waals surface area contributed by atoms with E-state index in [0.29, 0.717) is 10.9 Å². The minimum atomic E-state index is -0.314. The van der Waals surface area contributed by atoms with Gasteiger partial charge in [0.15, 0.2) is 0 Å². The predicted molar refractivity (Wildman–Crippen MR) is 87.5 cm³/mol. The van der Waals surface area contributed by atoms with Crippen LogP contribution in [-0.2, 0) is 0 Å². The van der Waals surface area contributed by atoms with Crippen molar-refractivity contribution in [3.63, 3.8) is 0 Å². The lowest BCUT2D eigenvalue weighted by Crippen LogP contribution is -2.18. The fraction of sp³-hybridized carbons (Fsp3) is 0.333. The van der Waals surface area contributed by atoms with Gasteiger partial charge in [-0.2, -0.15) is 0 Å². The molecule has 0 fully saturated rings. The van der Waals surface area contributed by atoms with Crippen molar-refractivity contribution >= 4 is 11.6 Å².